The van der Waals surface area contributed by atoms with Gasteiger partial charge < -0.3 is 9.80 Å². The zero-order valence-corrected chi connectivity index (χ0v) is 18.8. The van der Waals surface area contributed by atoms with Gasteiger partial charge in [-0.2, -0.15) is 0 Å². The molecule has 2 aliphatic heterocycles. The second kappa shape index (κ2) is 8.39. The number of amides is 2. The van der Waals surface area contributed by atoms with Crippen LogP contribution in [0.1, 0.15) is 25.0 Å². The monoisotopic (exact) mass is 446 g/mol. The van der Waals surface area contributed by atoms with E-state index in [1.807, 2.05) is 84.3 Å². The van der Waals surface area contributed by atoms with Gasteiger partial charge >= 0.3 is 6.03 Å². The summed E-state index contributed by atoms with van der Waals surface area (Å²) < 4.78 is 0. The fraction of sp³-hybridized carbons (Fsp3) is 0.435. The quantitative estimate of drug-likeness (QED) is 0.543. The molecule has 0 aromatic heterocycles. The number of carbonyl (C=O) groups is 1. The van der Waals surface area contributed by atoms with Crippen LogP contribution in [0.2, 0.25) is 0 Å². The first kappa shape index (κ1) is 21.4. The molecule has 0 saturated carbocycles. The first-order valence-electron chi connectivity index (χ1n) is 10.4. The molecule has 2 aromatic rings. The minimum absolute atomic E-state index is 0.0491. The van der Waals surface area contributed by atoms with Gasteiger partial charge in [0.15, 0.2) is 0 Å². The van der Waals surface area contributed by atoms with Crippen molar-refractivity contribution in [1.29, 1.82) is 0 Å². The van der Waals surface area contributed by atoms with Gasteiger partial charge in [-0.25, -0.2) is 4.79 Å². The van der Waals surface area contributed by atoms with E-state index in [9.17, 15) is 4.79 Å². The molecule has 7 heteroatoms. The number of rotatable bonds is 2. The number of urea groups is 1. The summed E-state index contributed by atoms with van der Waals surface area (Å²) in [5.74, 6) is 0. The summed E-state index contributed by atoms with van der Waals surface area (Å²) in [4.78, 5) is 17.9. The highest BCUT2D eigenvalue weighted by atomic mass is 35.5. The number of benzene rings is 2. The van der Waals surface area contributed by atoms with Crippen molar-refractivity contribution in [3.05, 3.63) is 71.8 Å². The van der Waals surface area contributed by atoms with E-state index in [0.717, 1.165) is 11.1 Å². The van der Waals surface area contributed by atoms with Crippen LogP contribution in [0.4, 0.5) is 4.79 Å². The minimum Gasteiger partial charge on any atom is -0.311 e. The number of carbonyl (C=O) groups excluding carboxylic acids is 1. The maximum Gasteiger partial charge on any atom is 0.321 e. The lowest BCUT2D eigenvalue weighted by Gasteiger charge is -2.54. The number of hydrogen-bond donors (Lipinski definition) is 2. The van der Waals surface area contributed by atoms with Crippen molar-refractivity contribution in [1.82, 2.24) is 20.4 Å². The fourth-order valence-electron chi connectivity index (χ4n) is 4.63. The molecular formula is C23H28Cl2N4O. The van der Waals surface area contributed by atoms with Crippen LogP contribution < -0.4 is 10.6 Å². The number of nitrogens with zero attached hydrogens (tertiary/aromatic N) is 2. The summed E-state index contributed by atoms with van der Waals surface area (Å²) >= 11 is 13.6. The Hall–Kier alpha value is -1.79. The smallest absolute Gasteiger partial charge is 0.311 e. The highest BCUT2D eigenvalue weighted by Gasteiger charge is 2.52. The van der Waals surface area contributed by atoms with E-state index in [1.165, 1.54) is 0 Å². The highest BCUT2D eigenvalue weighted by Crippen LogP contribution is 2.41. The molecule has 0 radical (unpaired) electrons. The molecular weight excluding hydrogens is 419 g/mol. The maximum atomic E-state index is 14.1. The van der Waals surface area contributed by atoms with Gasteiger partial charge in [-0.05, 0) is 25.0 Å². The Balaban J connectivity index is 1.76. The molecule has 2 aromatic carbocycles. The average molecular weight is 447 g/mol. The third-order valence-electron chi connectivity index (χ3n) is 6.60. The second-order valence-corrected chi connectivity index (χ2v) is 9.12. The lowest BCUT2D eigenvalue weighted by molar-refractivity contribution is 0.0208. The van der Waals surface area contributed by atoms with Gasteiger partial charge in [-0.15, -0.1) is 23.2 Å². The molecule has 4 unspecified atom stereocenters. The van der Waals surface area contributed by atoms with Crippen molar-refractivity contribution in [3.8, 4) is 0 Å². The van der Waals surface area contributed by atoms with Gasteiger partial charge in [0.1, 0.15) is 11.0 Å². The Bertz CT molecular complexity index is 812. The van der Waals surface area contributed by atoms with Crippen LogP contribution in [0.3, 0.4) is 0 Å². The first-order chi connectivity index (χ1) is 14.4. The van der Waals surface area contributed by atoms with Crippen molar-refractivity contribution >= 4 is 29.2 Å². The molecule has 0 spiro atoms. The summed E-state index contributed by atoms with van der Waals surface area (Å²) in [6.07, 6.45) is 0. The van der Waals surface area contributed by atoms with Crippen LogP contribution in [-0.4, -0.2) is 53.0 Å². The molecule has 4 rings (SSSR count). The second-order valence-electron chi connectivity index (χ2n) is 8.25. The van der Waals surface area contributed by atoms with Crippen LogP contribution in [-0.2, 0) is 11.1 Å². The highest BCUT2D eigenvalue weighted by molar-refractivity contribution is 6.22. The SMILES string of the molecule is CC1(c2ccccc2)C(Cl)NCCN1C(=O)N1CCNC(Cl)C1(C)c1ccccc1. The van der Waals surface area contributed by atoms with Crippen molar-refractivity contribution < 1.29 is 4.79 Å². The summed E-state index contributed by atoms with van der Waals surface area (Å²) in [6, 6.07) is 19.9. The van der Waals surface area contributed by atoms with Gasteiger partial charge in [0.05, 0.1) is 11.1 Å². The van der Waals surface area contributed by atoms with Crippen molar-refractivity contribution in [2.75, 3.05) is 26.2 Å². The predicted molar refractivity (Wildman–Crippen MR) is 122 cm³/mol. The molecule has 2 saturated heterocycles. The van der Waals surface area contributed by atoms with Crippen LogP contribution in [0.15, 0.2) is 60.7 Å². The van der Waals surface area contributed by atoms with E-state index in [2.05, 4.69) is 10.6 Å². The van der Waals surface area contributed by atoms with Gasteiger partial charge in [-0.3, -0.25) is 10.6 Å². The van der Waals surface area contributed by atoms with Crippen LogP contribution in [0, 0.1) is 0 Å². The largest absolute Gasteiger partial charge is 0.321 e. The van der Waals surface area contributed by atoms with Crippen LogP contribution >= 0.6 is 23.2 Å². The molecule has 2 fully saturated rings. The number of halogens is 2. The van der Waals surface area contributed by atoms with E-state index in [4.69, 9.17) is 23.2 Å². The Labute approximate surface area is 188 Å². The third kappa shape index (κ3) is 3.38. The van der Waals surface area contributed by atoms with E-state index in [-0.39, 0.29) is 6.03 Å². The normalized spacial score (nSPS) is 32.1. The van der Waals surface area contributed by atoms with Crippen LogP contribution in [0.5, 0.6) is 0 Å². The van der Waals surface area contributed by atoms with E-state index < -0.39 is 22.1 Å². The topological polar surface area (TPSA) is 47.6 Å². The average Bonchev–Trinajstić information content (AvgIpc) is 2.78. The van der Waals surface area contributed by atoms with E-state index in [1.54, 1.807) is 0 Å². The van der Waals surface area contributed by atoms with E-state index >= 15 is 0 Å². The number of hydrogen-bond acceptors (Lipinski definition) is 3. The van der Waals surface area contributed by atoms with Gasteiger partial charge in [-0.1, -0.05) is 60.7 Å². The Morgan fingerprint density at radius 1 is 0.800 bits per heavy atom. The number of piperazine rings is 2. The Kier molecular flexibility index (Phi) is 5.99. The molecule has 5 nitrogen and oxygen atoms in total. The lowest BCUT2D eigenvalue weighted by atomic mass is 9.86. The predicted octanol–water partition coefficient (Wildman–Crippen LogP) is 3.88. The maximum absolute atomic E-state index is 14.1. The standard InChI is InChI=1S/C23H28Cl2N4O/c1-22(17-9-5-3-6-10-17)19(24)26-13-15-28(22)21(30)29-16-14-27-20(25)23(29,2)18-11-7-4-8-12-18/h3-12,19-20,26-27H,13-16H2,1-2H3. The lowest BCUT2D eigenvalue weighted by Crippen LogP contribution is -2.70. The Morgan fingerprint density at radius 3 is 1.53 bits per heavy atom. The third-order valence-corrected chi connectivity index (χ3v) is 7.76. The van der Waals surface area contributed by atoms with Gasteiger partial charge in [0.25, 0.3) is 0 Å². The fourth-order valence-corrected chi connectivity index (χ4v) is 5.34. The van der Waals surface area contributed by atoms with Crippen molar-refractivity contribution in [3.63, 3.8) is 0 Å². The zero-order chi connectivity index (χ0) is 21.4. The number of nitrogens with one attached hydrogen (secondary N) is 2. The molecule has 2 heterocycles. The van der Waals surface area contributed by atoms with Gasteiger partial charge in [0, 0.05) is 26.2 Å². The molecule has 2 aliphatic rings. The summed E-state index contributed by atoms with van der Waals surface area (Å²) in [6.45, 7) is 6.47. The van der Waals surface area contributed by atoms with Gasteiger partial charge in [0.2, 0.25) is 0 Å². The summed E-state index contributed by atoms with van der Waals surface area (Å²) in [5, 5.41) is 6.67. The molecule has 0 aliphatic carbocycles. The van der Waals surface area contributed by atoms with Crippen molar-refractivity contribution in [2.45, 2.75) is 35.9 Å². The summed E-state index contributed by atoms with van der Waals surface area (Å²) in [5.41, 5.74) is -0.190. The number of alkyl halides is 2. The molecule has 2 amide bonds. The molecule has 160 valence electrons. The zero-order valence-electron chi connectivity index (χ0n) is 17.3. The molecule has 30 heavy (non-hydrogen) atoms. The van der Waals surface area contributed by atoms with Crippen molar-refractivity contribution in [2.24, 2.45) is 0 Å². The van der Waals surface area contributed by atoms with E-state index in [0.29, 0.717) is 26.2 Å². The molecule has 0 bridgehead atoms. The molecule has 2 N–H and O–H groups in total. The minimum atomic E-state index is -0.692. The molecule has 4 atom stereocenters. The Morgan fingerprint density at radius 2 is 1.17 bits per heavy atom. The first-order valence-corrected chi connectivity index (χ1v) is 11.2. The summed E-state index contributed by atoms with van der Waals surface area (Å²) in [7, 11) is 0. The van der Waals surface area contributed by atoms with Crippen LogP contribution in [0.25, 0.3) is 0 Å².